The summed E-state index contributed by atoms with van der Waals surface area (Å²) in [6, 6.07) is 3.79. The third-order valence-corrected chi connectivity index (χ3v) is 1.34. The molecular formula is C9H14ClN. The zero-order valence-corrected chi connectivity index (χ0v) is 8.02. The lowest BCUT2D eigenvalue weighted by Crippen LogP contribution is -1.75. The Morgan fingerprint density at radius 2 is 2.00 bits per heavy atom. The Labute approximate surface area is 73.4 Å². The fraction of sp³-hybridized carbons (Fsp3) is 0.444. The first kappa shape index (κ1) is 10.4. The molecule has 0 aliphatic heterocycles. The zero-order chi connectivity index (χ0) is 8.69. The zero-order valence-electron chi connectivity index (χ0n) is 7.26. The Balaban J connectivity index is 0.000000292. The molecule has 0 aliphatic carbocycles. The molecule has 0 radical (unpaired) electrons. The van der Waals surface area contributed by atoms with E-state index in [4.69, 9.17) is 11.6 Å². The topological polar surface area (TPSA) is 12.9 Å². The summed E-state index contributed by atoms with van der Waals surface area (Å²) < 4.78 is 0. The van der Waals surface area contributed by atoms with Crippen molar-refractivity contribution in [3.05, 3.63) is 29.0 Å². The van der Waals surface area contributed by atoms with Crippen molar-refractivity contribution in [2.24, 2.45) is 0 Å². The van der Waals surface area contributed by atoms with E-state index in [0.717, 1.165) is 5.56 Å². The van der Waals surface area contributed by atoms with E-state index < -0.39 is 0 Å². The lowest BCUT2D eigenvalue weighted by Gasteiger charge is -1.89. The third-order valence-electron chi connectivity index (χ3n) is 0.946. The van der Waals surface area contributed by atoms with Gasteiger partial charge < -0.3 is 0 Å². The predicted octanol–water partition coefficient (Wildman–Crippen LogP) is 3.46. The number of aromatic nitrogens is 1. The summed E-state index contributed by atoms with van der Waals surface area (Å²) in [4.78, 5) is 3.84. The van der Waals surface area contributed by atoms with Gasteiger partial charge in [-0.25, -0.2) is 4.98 Å². The van der Waals surface area contributed by atoms with Gasteiger partial charge in [0.2, 0.25) is 0 Å². The van der Waals surface area contributed by atoms with Gasteiger partial charge in [0.05, 0.1) is 0 Å². The van der Waals surface area contributed by atoms with Gasteiger partial charge >= 0.3 is 0 Å². The number of rotatable bonds is 0. The van der Waals surface area contributed by atoms with E-state index in [1.54, 1.807) is 6.20 Å². The van der Waals surface area contributed by atoms with Gasteiger partial charge in [0.25, 0.3) is 0 Å². The van der Waals surface area contributed by atoms with Gasteiger partial charge in [-0.15, -0.1) is 0 Å². The molecule has 0 aromatic carbocycles. The van der Waals surface area contributed by atoms with Crippen molar-refractivity contribution in [2.75, 3.05) is 0 Å². The smallest absolute Gasteiger partial charge is 0.131 e. The standard InChI is InChI=1S/C6H6ClN.C3H8/c1-5-3-2-4-8-6(5)7;1-3-2/h2-4H,1H3;3H2,1-2H3. The molecule has 0 bridgehead atoms. The van der Waals surface area contributed by atoms with Crippen molar-refractivity contribution in [1.29, 1.82) is 0 Å². The van der Waals surface area contributed by atoms with E-state index in [0.29, 0.717) is 5.15 Å². The van der Waals surface area contributed by atoms with E-state index in [-0.39, 0.29) is 0 Å². The van der Waals surface area contributed by atoms with Crippen LogP contribution in [0.5, 0.6) is 0 Å². The van der Waals surface area contributed by atoms with Crippen molar-refractivity contribution in [3.8, 4) is 0 Å². The fourth-order valence-electron chi connectivity index (χ4n) is 0.466. The van der Waals surface area contributed by atoms with Crippen molar-refractivity contribution in [2.45, 2.75) is 27.2 Å². The minimum Gasteiger partial charge on any atom is -0.244 e. The molecular weight excluding hydrogens is 158 g/mol. The van der Waals surface area contributed by atoms with E-state index in [1.807, 2.05) is 19.1 Å². The van der Waals surface area contributed by atoms with Gasteiger partial charge in [-0.05, 0) is 18.6 Å². The second-order valence-electron chi connectivity index (χ2n) is 2.32. The molecule has 0 unspecified atom stereocenters. The average molecular weight is 172 g/mol. The molecule has 11 heavy (non-hydrogen) atoms. The monoisotopic (exact) mass is 171 g/mol. The SMILES string of the molecule is CCC.Cc1cccnc1Cl. The molecule has 62 valence electrons. The first-order valence-electron chi connectivity index (χ1n) is 3.79. The highest BCUT2D eigenvalue weighted by Gasteiger charge is 1.88. The van der Waals surface area contributed by atoms with Crippen LogP contribution in [-0.2, 0) is 0 Å². The van der Waals surface area contributed by atoms with Crippen molar-refractivity contribution < 1.29 is 0 Å². The number of aryl methyl sites for hydroxylation is 1. The molecule has 1 aromatic rings. The van der Waals surface area contributed by atoms with Crippen LogP contribution in [0.1, 0.15) is 25.8 Å². The van der Waals surface area contributed by atoms with Crippen LogP contribution in [0.15, 0.2) is 18.3 Å². The molecule has 1 rings (SSSR count). The highest BCUT2D eigenvalue weighted by atomic mass is 35.5. The maximum atomic E-state index is 5.60. The van der Waals surface area contributed by atoms with Gasteiger partial charge in [-0.1, -0.05) is 37.9 Å². The number of pyridine rings is 1. The summed E-state index contributed by atoms with van der Waals surface area (Å²) in [5.74, 6) is 0. The highest BCUT2D eigenvalue weighted by molar-refractivity contribution is 6.30. The minimum absolute atomic E-state index is 0.590. The molecule has 0 aliphatic rings. The highest BCUT2D eigenvalue weighted by Crippen LogP contribution is 2.07. The van der Waals surface area contributed by atoms with Crippen molar-refractivity contribution in [3.63, 3.8) is 0 Å². The first-order valence-corrected chi connectivity index (χ1v) is 4.17. The Hall–Kier alpha value is -0.560. The Morgan fingerprint density at radius 1 is 1.45 bits per heavy atom. The summed E-state index contributed by atoms with van der Waals surface area (Å²) in [5, 5.41) is 0.590. The first-order chi connectivity index (χ1) is 5.22. The molecule has 1 nitrogen and oxygen atoms in total. The molecule has 0 N–H and O–H groups in total. The quantitative estimate of drug-likeness (QED) is 0.545. The minimum atomic E-state index is 0.590. The number of nitrogens with zero attached hydrogens (tertiary/aromatic N) is 1. The lowest BCUT2D eigenvalue weighted by molar-refractivity contribution is 1.09. The van der Waals surface area contributed by atoms with Gasteiger partial charge in [0, 0.05) is 6.20 Å². The van der Waals surface area contributed by atoms with Crippen LogP contribution in [0, 0.1) is 6.92 Å². The summed E-state index contributed by atoms with van der Waals surface area (Å²) in [6.07, 6.45) is 2.93. The summed E-state index contributed by atoms with van der Waals surface area (Å²) in [5.41, 5.74) is 1.02. The molecule has 1 aromatic heterocycles. The molecule has 2 heteroatoms. The van der Waals surface area contributed by atoms with Gasteiger partial charge in [0.1, 0.15) is 5.15 Å². The number of hydrogen-bond donors (Lipinski definition) is 0. The van der Waals surface area contributed by atoms with Gasteiger partial charge in [-0.2, -0.15) is 0 Å². The second kappa shape index (κ2) is 6.17. The van der Waals surface area contributed by atoms with Crippen LogP contribution in [0.4, 0.5) is 0 Å². The van der Waals surface area contributed by atoms with E-state index in [1.165, 1.54) is 6.42 Å². The van der Waals surface area contributed by atoms with E-state index in [2.05, 4.69) is 18.8 Å². The third kappa shape index (κ3) is 4.79. The predicted molar refractivity (Wildman–Crippen MR) is 49.9 cm³/mol. The second-order valence-corrected chi connectivity index (χ2v) is 2.68. The fourth-order valence-corrected chi connectivity index (χ4v) is 0.586. The Bertz CT molecular complexity index is 178. The molecule has 0 spiro atoms. The maximum absolute atomic E-state index is 5.60. The van der Waals surface area contributed by atoms with Crippen LogP contribution in [0.3, 0.4) is 0 Å². The van der Waals surface area contributed by atoms with Crippen LogP contribution in [0.2, 0.25) is 5.15 Å². The van der Waals surface area contributed by atoms with Crippen LogP contribution in [0.25, 0.3) is 0 Å². The summed E-state index contributed by atoms with van der Waals surface area (Å²) in [6.45, 7) is 6.18. The normalized spacial score (nSPS) is 8.36. The number of halogens is 1. The van der Waals surface area contributed by atoms with E-state index >= 15 is 0 Å². The van der Waals surface area contributed by atoms with Crippen LogP contribution in [-0.4, -0.2) is 4.98 Å². The molecule has 0 atom stereocenters. The van der Waals surface area contributed by atoms with Gasteiger partial charge in [-0.3, -0.25) is 0 Å². The summed E-state index contributed by atoms with van der Waals surface area (Å²) in [7, 11) is 0. The van der Waals surface area contributed by atoms with Crippen molar-refractivity contribution >= 4 is 11.6 Å². The molecule has 1 heterocycles. The van der Waals surface area contributed by atoms with E-state index in [9.17, 15) is 0 Å². The largest absolute Gasteiger partial charge is 0.244 e. The summed E-state index contributed by atoms with van der Waals surface area (Å²) >= 11 is 5.60. The van der Waals surface area contributed by atoms with Crippen molar-refractivity contribution in [1.82, 2.24) is 4.98 Å². The maximum Gasteiger partial charge on any atom is 0.131 e. The average Bonchev–Trinajstić information content (AvgIpc) is 1.97. The Kier molecular flexibility index (Phi) is 5.86. The lowest BCUT2D eigenvalue weighted by atomic mass is 10.3. The van der Waals surface area contributed by atoms with Crippen LogP contribution >= 0.6 is 11.6 Å². The van der Waals surface area contributed by atoms with Gasteiger partial charge in [0.15, 0.2) is 0 Å². The number of hydrogen-bond acceptors (Lipinski definition) is 1. The molecule has 0 saturated heterocycles. The molecule has 0 amide bonds. The van der Waals surface area contributed by atoms with Crippen LogP contribution < -0.4 is 0 Å². The molecule has 0 saturated carbocycles. The molecule has 0 fully saturated rings. The Morgan fingerprint density at radius 3 is 2.27 bits per heavy atom.